The fraction of sp³-hybridized carbons (Fsp3) is 0.333. The number of carbonyl (C=O) groups is 1. The smallest absolute Gasteiger partial charge is 0.341 e. The number of nitrogens with zero attached hydrogens (tertiary/aromatic N) is 1. The molecule has 0 radical (unpaired) electrons. The van der Waals surface area contributed by atoms with Gasteiger partial charge in [-0.3, -0.25) is 4.98 Å². The quantitative estimate of drug-likeness (QED) is 0.790. The van der Waals surface area contributed by atoms with Crippen LogP contribution in [0.25, 0.3) is 10.9 Å². The molecule has 2 aromatic rings. The van der Waals surface area contributed by atoms with Gasteiger partial charge in [0.1, 0.15) is 0 Å². The Hall–Kier alpha value is -1.61. The molecule has 3 nitrogen and oxygen atoms in total. The summed E-state index contributed by atoms with van der Waals surface area (Å²) in [6.07, 6.45) is 1.47. The zero-order valence-corrected chi connectivity index (χ0v) is 12.0. The standard InChI is InChI=1S/C15H16ClNO2/c1-4-19-15(18)12-8-17-13-6-5-10(9(2)3)7-11(13)14(12)16/h5-9H,4H2,1-3H3. The minimum Gasteiger partial charge on any atom is -0.462 e. The molecule has 0 saturated heterocycles. The average molecular weight is 278 g/mol. The molecule has 0 unspecified atom stereocenters. The number of halogens is 1. The lowest BCUT2D eigenvalue weighted by atomic mass is 10.0. The summed E-state index contributed by atoms with van der Waals surface area (Å²) in [6.45, 7) is 6.30. The van der Waals surface area contributed by atoms with Crippen molar-refractivity contribution >= 4 is 28.5 Å². The van der Waals surface area contributed by atoms with E-state index < -0.39 is 5.97 Å². The van der Waals surface area contributed by atoms with Crippen molar-refractivity contribution in [3.8, 4) is 0 Å². The first-order valence-electron chi connectivity index (χ1n) is 6.29. The zero-order chi connectivity index (χ0) is 14.0. The Bertz CT molecular complexity index is 623. The van der Waals surface area contributed by atoms with Gasteiger partial charge in [-0.15, -0.1) is 0 Å². The molecule has 0 atom stereocenters. The van der Waals surface area contributed by atoms with E-state index in [2.05, 4.69) is 18.8 Å². The van der Waals surface area contributed by atoms with Crippen LogP contribution in [0, 0.1) is 0 Å². The van der Waals surface area contributed by atoms with E-state index in [-0.39, 0.29) is 0 Å². The van der Waals surface area contributed by atoms with Crippen molar-refractivity contribution < 1.29 is 9.53 Å². The van der Waals surface area contributed by atoms with E-state index >= 15 is 0 Å². The van der Waals surface area contributed by atoms with Gasteiger partial charge in [0.15, 0.2) is 0 Å². The van der Waals surface area contributed by atoms with Gasteiger partial charge in [0.2, 0.25) is 0 Å². The molecule has 0 aliphatic rings. The number of pyridine rings is 1. The van der Waals surface area contributed by atoms with Crippen LogP contribution < -0.4 is 0 Å². The lowest BCUT2D eigenvalue weighted by molar-refractivity contribution is 0.0526. The summed E-state index contributed by atoms with van der Waals surface area (Å²) >= 11 is 6.31. The number of esters is 1. The Morgan fingerprint density at radius 2 is 2.16 bits per heavy atom. The van der Waals surface area contributed by atoms with Crippen LogP contribution in [0.5, 0.6) is 0 Å². The van der Waals surface area contributed by atoms with Crippen LogP contribution >= 0.6 is 11.6 Å². The van der Waals surface area contributed by atoms with Crippen LogP contribution in [0.15, 0.2) is 24.4 Å². The molecule has 0 N–H and O–H groups in total. The summed E-state index contributed by atoms with van der Waals surface area (Å²) in [6, 6.07) is 5.93. The molecule has 2 rings (SSSR count). The molecule has 19 heavy (non-hydrogen) atoms. The number of benzene rings is 1. The second-order valence-corrected chi connectivity index (χ2v) is 5.02. The van der Waals surface area contributed by atoms with Crippen LogP contribution in [-0.4, -0.2) is 17.6 Å². The van der Waals surface area contributed by atoms with Crippen molar-refractivity contribution in [3.05, 3.63) is 40.5 Å². The van der Waals surface area contributed by atoms with Gasteiger partial charge in [0.05, 0.1) is 22.7 Å². The zero-order valence-electron chi connectivity index (χ0n) is 11.2. The number of ether oxygens (including phenoxy) is 1. The summed E-state index contributed by atoms with van der Waals surface area (Å²) < 4.78 is 4.97. The first-order valence-corrected chi connectivity index (χ1v) is 6.67. The van der Waals surface area contributed by atoms with E-state index in [1.54, 1.807) is 6.92 Å². The highest BCUT2D eigenvalue weighted by molar-refractivity contribution is 6.38. The minimum atomic E-state index is -0.433. The van der Waals surface area contributed by atoms with Crippen LogP contribution in [0.2, 0.25) is 5.02 Å². The highest BCUT2D eigenvalue weighted by Gasteiger charge is 2.15. The monoisotopic (exact) mass is 277 g/mol. The van der Waals surface area contributed by atoms with Gasteiger partial charge >= 0.3 is 5.97 Å². The largest absolute Gasteiger partial charge is 0.462 e. The third-order valence-electron chi connectivity index (χ3n) is 2.99. The van der Waals surface area contributed by atoms with Crippen molar-refractivity contribution in [2.45, 2.75) is 26.7 Å². The maximum absolute atomic E-state index is 11.8. The molecule has 0 saturated carbocycles. The lowest BCUT2D eigenvalue weighted by Gasteiger charge is -2.10. The number of hydrogen-bond acceptors (Lipinski definition) is 3. The molecule has 100 valence electrons. The first kappa shape index (κ1) is 13.8. The summed E-state index contributed by atoms with van der Waals surface area (Å²) in [5, 5.41) is 1.20. The second kappa shape index (κ2) is 5.57. The van der Waals surface area contributed by atoms with Crippen LogP contribution in [0.1, 0.15) is 42.6 Å². The number of rotatable bonds is 3. The highest BCUT2D eigenvalue weighted by Crippen LogP contribution is 2.29. The number of fused-ring (bicyclic) bond motifs is 1. The molecule has 0 fully saturated rings. The number of hydrogen-bond donors (Lipinski definition) is 0. The summed E-state index contributed by atoms with van der Waals surface area (Å²) in [7, 11) is 0. The minimum absolute atomic E-state index is 0.317. The predicted octanol–water partition coefficient (Wildman–Crippen LogP) is 4.19. The highest BCUT2D eigenvalue weighted by atomic mass is 35.5. The van der Waals surface area contributed by atoms with Crippen LogP contribution in [0.4, 0.5) is 0 Å². The van der Waals surface area contributed by atoms with Gasteiger partial charge in [-0.25, -0.2) is 4.79 Å². The van der Waals surface area contributed by atoms with E-state index in [0.717, 1.165) is 16.5 Å². The maximum Gasteiger partial charge on any atom is 0.341 e. The molecular weight excluding hydrogens is 262 g/mol. The summed E-state index contributed by atoms with van der Waals surface area (Å²) in [5.74, 6) is -0.0384. The Kier molecular flexibility index (Phi) is 4.05. The van der Waals surface area contributed by atoms with Crippen LogP contribution in [-0.2, 0) is 4.74 Å². The van der Waals surface area contributed by atoms with Crippen molar-refractivity contribution in [3.63, 3.8) is 0 Å². The van der Waals surface area contributed by atoms with Gasteiger partial charge in [0.25, 0.3) is 0 Å². The van der Waals surface area contributed by atoms with E-state index in [1.807, 2.05) is 18.2 Å². The van der Waals surface area contributed by atoms with Gasteiger partial charge in [-0.05, 0) is 30.5 Å². The maximum atomic E-state index is 11.8. The fourth-order valence-corrected chi connectivity index (χ4v) is 2.17. The van der Waals surface area contributed by atoms with Gasteiger partial charge in [-0.1, -0.05) is 31.5 Å². The average Bonchev–Trinajstić information content (AvgIpc) is 2.39. The SMILES string of the molecule is CCOC(=O)c1cnc2ccc(C(C)C)cc2c1Cl. The first-order chi connectivity index (χ1) is 9.04. The summed E-state index contributed by atoms with van der Waals surface area (Å²) in [5.41, 5.74) is 2.26. The predicted molar refractivity (Wildman–Crippen MR) is 76.8 cm³/mol. The van der Waals surface area contributed by atoms with Gasteiger partial charge in [-0.2, -0.15) is 0 Å². The van der Waals surface area contributed by atoms with E-state index in [0.29, 0.717) is 23.1 Å². The van der Waals surface area contributed by atoms with Gasteiger partial charge in [0, 0.05) is 11.6 Å². The molecule has 4 heteroatoms. The van der Waals surface area contributed by atoms with E-state index in [1.165, 1.54) is 6.20 Å². The Balaban J connectivity index is 2.58. The molecule has 0 spiro atoms. The number of carbonyl (C=O) groups excluding carboxylic acids is 1. The molecule has 0 aliphatic heterocycles. The Labute approximate surface area is 117 Å². The van der Waals surface area contributed by atoms with Crippen LogP contribution in [0.3, 0.4) is 0 Å². The van der Waals surface area contributed by atoms with Crippen molar-refractivity contribution in [1.82, 2.24) is 4.98 Å². The molecule has 0 aliphatic carbocycles. The third-order valence-corrected chi connectivity index (χ3v) is 3.40. The molecule has 1 heterocycles. The van der Waals surface area contributed by atoms with Crippen molar-refractivity contribution in [1.29, 1.82) is 0 Å². The lowest BCUT2D eigenvalue weighted by Crippen LogP contribution is -2.06. The van der Waals surface area contributed by atoms with Crippen molar-refractivity contribution in [2.75, 3.05) is 6.61 Å². The fourth-order valence-electron chi connectivity index (χ4n) is 1.89. The molecule has 1 aromatic carbocycles. The molecule has 1 aromatic heterocycles. The molecule has 0 bridgehead atoms. The van der Waals surface area contributed by atoms with E-state index in [4.69, 9.17) is 16.3 Å². The normalized spacial score (nSPS) is 11.0. The van der Waals surface area contributed by atoms with Crippen molar-refractivity contribution in [2.24, 2.45) is 0 Å². The molecule has 0 amide bonds. The second-order valence-electron chi connectivity index (χ2n) is 4.64. The number of aromatic nitrogens is 1. The van der Waals surface area contributed by atoms with Gasteiger partial charge < -0.3 is 4.74 Å². The molecular formula is C15H16ClNO2. The summed E-state index contributed by atoms with van der Waals surface area (Å²) in [4.78, 5) is 16.0. The third kappa shape index (κ3) is 2.71. The Morgan fingerprint density at radius 1 is 1.42 bits per heavy atom. The topological polar surface area (TPSA) is 39.2 Å². The Morgan fingerprint density at radius 3 is 2.79 bits per heavy atom. The van der Waals surface area contributed by atoms with E-state index in [9.17, 15) is 4.79 Å².